The van der Waals surface area contributed by atoms with Gasteiger partial charge in [-0.1, -0.05) is 17.7 Å². The fourth-order valence-corrected chi connectivity index (χ4v) is 6.28. The van der Waals surface area contributed by atoms with E-state index in [0.717, 1.165) is 6.07 Å². The number of hydrogen-bond acceptors (Lipinski definition) is 6. The average Bonchev–Trinajstić information content (AvgIpc) is 2.44. The van der Waals surface area contributed by atoms with Gasteiger partial charge in [0.05, 0.1) is 16.9 Å². The molecule has 1 aromatic carbocycles. The molecule has 11 heteroatoms. The van der Waals surface area contributed by atoms with Crippen molar-refractivity contribution in [1.29, 1.82) is 0 Å². The molecule has 0 fully saturated rings. The second kappa shape index (κ2) is 7.85. The minimum absolute atomic E-state index is 0.0472. The highest BCUT2D eigenvalue weighted by atomic mass is 35.5. The number of rotatable bonds is 7. The summed E-state index contributed by atoms with van der Waals surface area (Å²) in [5.41, 5.74) is 0.274. The molecular formula is C14H20ClN3O4S3. The number of nitrogens with one attached hydrogen (secondary N) is 3. The van der Waals surface area contributed by atoms with Gasteiger partial charge >= 0.3 is 0 Å². The lowest BCUT2D eigenvalue weighted by Crippen LogP contribution is -2.46. The minimum Gasteiger partial charge on any atom is -0.367 e. The number of benzene rings is 1. The maximum Gasteiger partial charge on any atom is 0.244 e. The fraction of sp³-hybridized carbons (Fsp3) is 0.429. The van der Waals surface area contributed by atoms with Crippen molar-refractivity contribution in [3.63, 3.8) is 0 Å². The third kappa shape index (κ3) is 4.89. The number of fused-ring (bicyclic) bond motifs is 1. The molecule has 1 aliphatic heterocycles. The fourth-order valence-electron chi connectivity index (χ4n) is 2.26. The highest BCUT2D eigenvalue weighted by Crippen LogP contribution is 2.34. The third-order valence-electron chi connectivity index (χ3n) is 3.15. The van der Waals surface area contributed by atoms with E-state index in [2.05, 4.69) is 21.3 Å². The van der Waals surface area contributed by atoms with Crippen LogP contribution < -0.4 is 14.8 Å². The predicted molar refractivity (Wildman–Crippen MR) is 102 cm³/mol. The van der Waals surface area contributed by atoms with Gasteiger partial charge in [-0.25, -0.2) is 21.6 Å². The van der Waals surface area contributed by atoms with Gasteiger partial charge in [0.2, 0.25) is 20.0 Å². The lowest BCUT2D eigenvalue weighted by molar-refractivity contribution is 0.565. The summed E-state index contributed by atoms with van der Waals surface area (Å²) >= 11 is 7.61. The molecule has 0 saturated heterocycles. The first kappa shape index (κ1) is 20.5. The Labute approximate surface area is 157 Å². The predicted octanol–water partition coefficient (Wildman–Crippen LogP) is 1.98. The van der Waals surface area contributed by atoms with Crippen LogP contribution in [0, 0.1) is 0 Å². The maximum absolute atomic E-state index is 12.5. The summed E-state index contributed by atoms with van der Waals surface area (Å²) in [6, 6.07) is 2.05. The van der Waals surface area contributed by atoms with Crippen molar-refractivity contribution in [2.45, 2.75) is 35.8 Å². The second-order valence-electron chi connectivity index (χ2n) is 5.70. The molecule has 25 heavy (non-hydrogen) atoms. The Morgan fingerprint density at radius 1 is 1.44 bits per heavy atom. The normalized spacial score (nSPS) is 19.3. The molecule has 2 rings (SSSR count). The molecule has 0 saturated carbocycles. The first-order chi connectivity index (χ1) is 11.6. The minimum atomic E-state index is -3.92. The molecule has 1 aliphatic rings. The Morgan fingerprint density at radius 3 is 2.72 bits per heavy atom. The van der Waals surface area contributed by atoms with Crippen molar-refractivity contribution in [1.82, 2.24) is 9.44 Å². The highest BCUT2D eigenvalue weighted by molar-refractivity contribution is 7.99. The van der Waals surface area contributed by atoms with Gasteiger partial charge in [-0.05, 0) is 26.0 Å². The van der Waals surface area contributed by atoms with E-state index in [-0.39, 0.29) is 26.5 Å². The molecule has 0 radical (unpaired) electrons. The van der Waals surface area contributed by atoms with E-state index in [1.807, 2.05) is 0 Å². The van der Waals surface area contributed by atoms with Crippen molar-refractivity contribution >= 4 is 49.1 Å². The summed E-state index contributed by atoms with van der Waals surface area (Å²) in [5.74, 6) is 1.17. The van der Waals surface area contributed by atoms with Gasteiger partial charge in [-0.15, -0.1) is 6.58 Å². The topological polar surface area (TPSA) is 104 Å². The van der Waals surface area contributed by atoms with Gasteiger partial charge in [0, 0.05) is 17.5 Å². The Bertz CT molecular complexity index is 870. The van der Waals surface area contributed by atoms with Gasteiger partial charge in [-0.2, -0.15) is 16.5 Å². The Hall–Kier alpha value is -0.780. The summed E-state index contributed by atoms with van der Waals surface area (Å²) in [7, 11) is -7.78. The molecule has 0 aromatic heterocycles. The van der Waals surface area contributed by atoms with E-state index in [9.17, 15) is 16.8 Å². The number of thioether (sulfide) groups is 1. The Kier molecular flexibility index (Phi) is 6.45. The van der Waals surface area contributed by atoms with Crippen LogP contribution in [0.2, 0.25) is 5.02 Å². The van der Waals surface area contributed by atoms with Crippen LogP contribution in [0.15, 0.2) is 34.6 Å². The summed E-state index contributed by atoms with van der Waals surface area (Å²) < 4.78 is 54.6. The number of hydrogen-bond donors (Lipinski definition) is 3. The Morgan fingerprint density at radius 2 is 2.12 bits per heavy atom. The van der Waals surface area contributed by atoms with E-state index >= 15 is 0 Å². The van der Waals surface area contributed by atoms with Crippen LogP contribution >= 0.6 is 23.4 Å². The molecule has 0 aliphatic carbocycles. The molecule has 1 heterocycles. The summed E-state index contributed by atoms with van der Waals surface area (Å²) in [6.07, 6.45) is 1.21. The van der Waals surface area contributed by atoms with Crippen molar-refractivity contribution in [2.75, 3.05) is 16.8 Å². The van der Waals surface area contributed by atoms with E-state index in [1.54, 1.807) is 19.9 Å². The third-order valence-corrected chi connectivity index (χ3v) is 7.83. The maximum atomic E-state index is 12.5. The Balaban J connectivity index is 2.42. The zero-order chi connectivity index (χ0) is 18.8. The van der Waals surface area contributed by atoms with Crippen LogP contribution in [-0.4, -0.2) is 40.5 Å². The summed E-state index contributed by atoms with van der Waals surface area (Å²) in [6.45, 7) is 6.94. The van der Waals surface area contributed by atoms with E-state index in [1.165, 1.54) is 17.8 Å². The molecule has 3 N–H and O–H groups in total. The first-order valence-electron chi connectivity index (χ1n) is 7.40. The van der Waals surface area contributed by atoms with Gasteiger partial charge in [-0.3, -0.25) is 0 Å². The SMILES string of the molecule is C=CCSCC1Nc2cc(Cl)c(S(=O)(=O)NC(C)C)cc2S(=O)(=O)N1. The molecule has 0 spiro atoms. The van der Waals surface area contributed by atoms with Crippen molar-refractivity contribution in [2.24, 2.45) is 0 Å². The first-order valence-corrected chi connectivity index (χ1v) is 11.9. The van der Waals surface area contributed by atoms with E-state index in [4.69, 9.17) is 11.6 Å². The van der Waals surface area contributed by atoms with Crippen molar-refractivity contribution in [3.05, 3.63) is 29.8 Å². The largest absolute Gasteiger partial charge is 0.367 e. The van der Waals surface area contributed by atoms with Crippen LogP contribution in [0.1, 0.15) is 13.8 Å². The van der Waals surface area contributed by atoms with E-state index < -0.39 is 26.2 Å². The van der Waals surface area contributed by atoms with Crippen molar-refractivity contribution in [3.8, 4) is 0 Å². The average molecular weight is 426 g/mol. The number of sulfonamides is 2. The van der Waals surface area contributed by atoms with Gasteiger partial charge in [0.15, 0.2) is 0 Å². The van der Waals surface area contributed by atoms with Crippen LogP contribution in [-0.2, 0) is 20.0 Å². The van der Waals surface area contributed by atoms with Gasteiger partial charge in [0.1, 0.15) is 9.79 Å². The van der Waals surface area contributed by atoms with Crippen LogP contribution in [0.5, 0.6) is 0 Å². The molecule has 0 amide bonds. The molecular weight excluding hydrogens is 406 g/mol. The zero-order valence-corrected chi connectivity index (χ0v) is 16.9. The summed E-state index contributed by atoms with van der Waals surface area (Å²) in [4.78, 5) is -0.417. The lowest BCUT2D eigenvalue weighted by Gasteiger charge is -2.28. The molecule has 7 nitrogen and oxygen atoms in total. The highest BCUT2D eigenvalue weighted by Gasteiger charge is 2.32. The molecule has 1 unspecified atom stereocenters. The monoisotopic (exact) mass is 425 g/mol. The summed E-state index contributed by atoms with van der Waals surface area (Å²) in [5, 5.41) is 2.98. The van der Waals surface area contributed by atoms with Gasteiger partial charge < -0.3 is 5.32 Å². The zero-order valence-electron chi connectivity index (χ0n) is 13.7. The molecule has 0 bridgehead atoms. The number of anilines is 1. The van der Waals surface area contributed by atoms with Crippen LogP contribution in [0.25, 0.3) is 0 Å². The molecule has 1 atom stereocenters. The van der Waals surface area contributed by atoms with Crippen LogP contribution in [0.3, 0.4) is 0 Å². The van der Waals surface area contributed by atoms with E-state index in [0.29, 0.717) is 11.5 Å². The number of halogens is 1. The molecule has 140 valence electrons. The second-order valence-corrected chi connectivity index (χ2v) is 10.5. The van der Waals surface area contributed by atoms with Crippen LogP contribution in [0.4, 0.5) is 5.69 Å². The standard InChI is InChI=1S/C14H20ClN3O4S3/c1-4-5-23-8-14-16-11-6-10(15)12(24(19,20)17-9(2)3)7-13(11)25(21,22)18-14/h4,6-7,9,14,16-18H,1,5,8H2,2-3H3. The molecule has 1 aromatic rings. The smallest absolute Gasteiger partial charge is 0.244 e. The quantitative estimate of drug-likeness (QED) is 0.455. The van der Waals surface area contributed by atoms with Gasteiger partial charge in [0.25, 0.3) is 0 Å². The lowest BCUT2D eigenvalue weighted by atomic mass is 10.3. The van der Waals surface area contributed by atoms with Crippen molar-refractivity contribution < 1.29 is 16.8 Å².